The normalized spacial score (nSPS) is 23.4. The minimum Gasteiger partial charge on any atom is -0.342 e. The molecule has 2 aliphatic rings. The van der Waals surface area contributed by atoms with Gasteiger partial charge in [-0.1, -0.05) is 30.3 Å². The van der Waals surface area contributed by atoms with Crippen molar-refractivity contribution in [3.8, 4) is 0 Å². The molecule has 2 amide bonds. The third-order valence-corrected chi connectivity index (χ3v) is 5.62. The summed E-state index contributed by atoms with van der Waals surface area (Å²) in [6.45, 7) is 9.46. The van der Waals surface area contributed by atoms with Crippen molar-refractivity contribution in [2.75, 3.05) is 52.4 Å². The van der Waals surface area contributed by atoms with Gasteiger partial charge in [-0.25, -0.2) is 5.43 Å². The number of hydrogen-bond acceptors (Lipinski definition) is 5. The quantitative estimate of drug-likeness (QED) is 0.759. The van der Waals surface area contributed by atoms with Crippen molar-refractivity contribution >= 4 is 11.8 Å². The SMILES string of the molecule is CCN(CC)C(=O)CN1CCN(C(=O)C2CNNC2c2ccccc2)CC1. The minimum atomic E-state index is -0.101. The minimum absolute atomic E-state index is 0.000902. The molecule has 2 heterocycles. The van der Waals surface area contributed by atoms with E-state index >= 15 is 0 Å². The largest absolute Gasteiger partial charge is 0.342 e. The summed E-state index contributed by atoms with van der Waals surface area (Å²) < 4.78 is 0. The molecule has 2 atom stereocenters. The summed E-state index contributed by atoms with van der Waals surface area (Å²) >= 11 is 0. The van der Waals surface area contributed by atoms with Crippen LogP contribution < -0.4 is 10.9 Å². The zero-order chi connectivity index (χ0) is 19.2. The number of carbonyl (C=O) groups excluding carboxylic acids is 2. The van der Waals surface area contributed by atoms with Gasteiger partial charge in [0, 0.05) is 45.8 Å². The maximum Gasteiger partial charge on any atom is 0.236 e. The van der Waals surface area contributed by atoms with Crippen LogP contribution in [0.25, 0.3) is 0 Å². The van der Waals surface area contributed by atoms with E-state index in [9.17, 15) is 9.59 Å². The Kier molecular flexibility index (Phi) is 6.82. The van der Waals surface area contributed by atoms with Gasteiger partial charge in [0.1, 0.15) is 0 Å². The van der Waals surface area contributed by atoms with Crippen LogP contribution in [0.4, 0.5) is 0 Å². The Morgan fingerprint density at radius 3 is 2.37 bits per heavy atom. The van der Waals surface area contributed by atoms with E-state index in [2.05, 4.69) is 27.9 Å². The van der Waals surface area contributed by atoms with Gasteiger partial charge in [0.2, 0.25) is 11.8 Å². The molecular formula is C20H31N5O2. The van der Waals surface area contributed by atoms with Gasteiger partial charge in [-0.15, -0.1) is 0 Å². The maximum atomic E-state index is 13.1. The lowest BCUT2D eigenvalue weighted by Gasteiger charge is -2.36. The second kappa shape index (κ2) is 9.30. The van der Waals surface area contributed by atoms with Gasteiger partial charge < -0.3 is 9.80 Å². The summed E-state index contributed by atoms with van der Waals surface area (Å²) in [6, 6.07) is 10.1. The van der Waals surface area contributed by atoms with Crippen LogP contribution in [-0.4, -0.2) is 78.9 Å². The summed E-state index contributed by atoms with van der Waals surface area (Å²) in [5.41, 5.74) is 7.52. The Hall–Kier alpha value is -1.96. The molecule has 0 saturated carbocycles. The highest BCUT2D eigenvalue weighted by atomic mass is 16.2. The van der Waals surface area contributed by atoms with Crippen molar-refractivity contribution in [1.82, 2.24) is 25.6 Å². The molecule has 7 heteroatoms. The zero-order valence-corrected chi connectivity index (χ0v) is 16.4. The van der Waals surface area contributed by atoms with Crippen molar-refractivity contribution < 1.29 is 9.59 Å². The van der Waals surface area contributed by atoms with Gasteiger partial charge in [0.25, 0.3) is 0 Å². The third kappa shape index (κ3) is 4.66. The molecule has 27 heavy (non-hydrogen) atoms. The standard InChI is InChI=1S/C20H31N5O2/c1-3-24(4-2)18(26)15-23-10-12-25(13-11-23)20(27)17-14-21-22-19(17)16-8-6-5-7-9-16/h5-9,17,19,21-22H,3-4,10-15H2,1-2H3. The maximum absolute atomic E-state index is 13.1. The average molecular weight is 374 g/mol. The Bertz CT molecular complexity index is 627. The summed E-state index contributed by atoms with van der Waals surface area (Å²) in [4.78, 5) is 31.3. The van der Waals surface area contributed by atoms with Gasteiger partial charge >= 0.3 is 0 Å². The summed E-state index contributed by atoms with van der Waals surface area (Å²) in [5.74, 6) is 0.264. The summed E-state index contributed by atoms with van der Waals surface area (Å²) in [5, 5.41) is 0. The lowest BCUT2D eigenvalue weighted by molar-refractivity contribution is -0.138. The number of amides is 2. The van der Waals surface area contributed by atoms with Gasteiger partial charge in [0.15, 0.2) is 0 Å². The Labute approximate surface area is 161 Å². The second-order valence-corrected chi connectivity index (χ2v) is 7.19. The second-order valence-electron chi connectivity index (χ2n) is 7.19. The number of piperazine rings is 1. The average Bonchev–Trinajstić information content (AvgIpc) is 3.19. The number of carbonyl (C=O) groups is 2. The van der Waals surface area contributed by atoms with E-state index in [-0.39, 0.29) is 23.8 Å². The van der Waals surface area contributed by atoms with Crippen LogP contribution in [0.1, 0.15) is 25.5 Å². The molecule has 2 N–H and O–H groups in total. The number of likely N-dealkylation sites (N-methyl/N-ethyl adjacent to an activating group) is 1. The smallest absolute Gasteiger partial charge is 0.236 e. The van der Waals surface area contributed by atoms with Crippen LogP contribution in [0.2, 0.25) is 0 Å². The lowest BCUT2D eigenvalue weighted by Crippen LogP contribution is -2.53. The van der Waals surface area contributed by atoms with E-state index in [1.54, 1.807) is 0 Å². The molecule has 2 unspecified atom stereocenters. The van der Waals surface area contributed by atoms with Gasteiger partial charge in [0.05, 0.1) is 18.5 Å². The number of hydrazine groups is 1. The number of benzene rings is 1. The molecule has 0 radical (unpaired) electrons. The molecule has 0 bridgehead atoms. The summed E-state index contributed by atoms with van der Waals surface area (Å²) in [6.07, 6.45) is 0. The third-order valence-electron chi connectivity index (χ3n) is 5.62. The number of hydrogen-bond donors (Lipinski definition) is 2. The number of rotatable bonds is 6. The first-order valence-corrected chi connectivity index (χ1v) is 9.96. The van der Waals surface area contributed by atoms with E-state index in [1.807, 2.05) is 41.8 Å². The van der Waals surface area contributed by atoms with Crippen molar-refractivity contribution in [2.24, 2.45) is 5.92 Å². The molecule has 0 spiro atoms. The Morgan fingerprint density at radius 2 is 1.74 bits per heavy atom. The van der Waals surface area contributed by atoms with Crippen LogP contribution >= 0.6 is 0 Å². The molecule has 1 aromatic rings. The number of nitrogens with one attached hydrogen (secondary N) is 2. The van der Waals surface area contributed by atoms with Gasteiger partial charge in [-0.3, -0.25) is 19.9 Å². The van der Waals surface area contributed by atoms with Crippen molar-refractivity contribution in [2.45, 2.75) is 19.9 Å². The zero-order valence-electron chi connectivity index (χ0n) is 16.4. The van der Waals surface area contributed by atoms with Crippen molar-refractivity contribution in [3.05, 3.63) is 35.9 Å². The topological polar surface area (TPSA) is 67.9 Å². The first-order valence-electron chi connectivity index (χ1n) is 9.96. The number of nitrogens with zero attached hydrogens (tertiary/aromatic N) is 3. The highest BCUT2D eigenvalue weighted by Gasteiger charge is 2.37. The molecule has 148 valence electrons. The van der Waals surface area contributed by atoms with Crippen LogP contribution in [0.3, 0.4) is 0 Å². The monoisotopic (exact) mass is 373 g/mol. The highest BCUT2D eigenvalue weighted by Crippen LogP contribution is 2.26. The van der Waals surface area contributed by atoms with E-state index in [1.165, 1.54) is 0 Å². The van der Waals surface area contributed by atoms with Crippen LogP contribution in [0.15, 0.2) is 30.3 Å². The van der Waals surface area contributed by atoms with Crippen LogP contribution in [-0.2, 0) is 9.59 Å². The van der Waals surface area contributed by atoms with E-state index in [4.69, 9.17) is 0 Å². The van der Waals surface area contributed by atoms with Crippen LogP contribution in [0.5, 0.6) is 0 Å². The molecule has 1 aromatic carbocycles. The molecule has 0 aromatic heterocycles. The molecule has 2 fully saturated rings. The van der Waals surface area contributed by atoms with Crippen molar-refractivity contribution in [1.29, 1.82) is 0 Å². The molecule has 2 saturated heterocycles. The van der Waals surface area contributed by atoms with Crippen molar-refractivity contribution in [3.63, 3.8) is 0 Å². The Morgan fingerprint density at radius 1 is 1.07 bits per heavy atom. The molecular weight excluding hydrogens is 342 g/mol. The predicted octanol–water partition coefficient (Wildman–Crippen LogP) is 0.464. The molecule has 3 rings (SSSR count). The fraction of sp³-hybridized carbons (Fsp3) is 0.600. The van der Waals surface area contributed by atoms with Crippen LogP contribution in [0, 0.1) is 5.92 Å². The first-order chi connectivity index (χ1) is 13.1. The van der Waals surface area contributed by atoms with Gasteiger partial charge in [-0.2, -0.15) is 0 Å². The molecule has 2 aliphatic heterocycles. The van der Waals surface area contributed by atoms with Gasteiger partial charge in [-0.05, 0) is 19.4 Å². The summed E-state index contributed by atoms with van der Waals surface area (Å²) in [7, 11) is 0. The Balaban J connectivity index is 1.53. The molecule has 0 aliphatic carbocycles. The molecule has 7 nitrogen and oxygen atoms in total. The predicted molar refractivity (Wildman–Crippen MR) is 105 cm³/mol. The lowest BCUT2D eigenvalue weighted by atomic mass is 9.93. The van der Waals surface area contributed by atoms with E-state index < -0.39 is 0 Å². The highest BCUT2D eigenvalue weighted by molar-refractivity contribution is 5.81. The van der Waals surface area contributed by atoms with E-state index in [0.29, 0.717) is 26.2 Å². The fourth-order valence-electron chi connectivity index (χ4n) is 3.93. The fourth-order valence-corrected chi connectivity index (χ4v) is 3.93. The van der Waals surface area contributed by atoms with E-state index in [0.717, 1.165) is 31.7 Å². The first kappa shape index (κ1) is 19.8.